The fourth-order valence-electron chi connectivity index (χ4n) is 4.52. The van der Waals surface area contributed by atoms with Crippen molar-refractivity contribution in [3.8, 4) is 0 Å². The number of hydrogen-bond acceptors (Lipinski definition) is 4. The molecule has 0 spiro atoms. The van der Waals surface area contributed by atoms with Crippen molar-refractivity contribution in [1.82, 2.24) is 4.90 Å². The quantitative estimate of drug-likeness (QED) is 0.662. The molecule has 1 heterocycles. The molecule has 136 valence electrons. The lowest BCUT2D eigenvalue weighted by molar-refractivity contribution is -0.143. The SMILES string of the molecule is Cc1cc(N(C)C)ccc1NC(=O)CN1C(=O)C2C3C=CC(C3)C2C1=O. The van der Waals surface area contributed by atoms with Crippen LogP contribution >= 0.6 is 0 Å². The smallest absolute Gasteiger partial charge is 0.244 e. The summed E-state index contributed by atoms with van der Waals surface area (Å²) in [4.78, 5) is 40.9. The van der Waals surface area contributed by atoms with Crippen molar-refractivity contribution in [3.05, 3.63) is 35.9 Å². The van der Waals surface area contributed by atoms with Gasteiger partial charge in [-0.05, 0) is 48.9 Å². The second-order valence-electron chi connectivity index (χ2n) is 7.70. The number of nitrogens with zero attached hydrogens (tertiary/aromatic N) is 2. The number of fused-ring (bicyclic) bond motifs is 5. The standard InChI is InChI=1S/C20H23N3O3/c1-11-8-14(22(2)3)6-7-15(11)21-16(24)10-23-19(25)17-12-4-5-13(9-12)18(17)20(23)26/h4-8,12-13,17-18H,9-10H2,1-3H3,(H,21,24). The van der Waals surface area contributed by atoms with Crippen LogP contribution < -0.4 is 10.2 Å². The first-order valence-corrected chi connectivity index (χ1v) is 8.98. The molecular formula is C20H23N3O3. The van der Waals surface area contributed by atoms with Crippen molar-refractivity contribution < 1.29 is 14.4 Å². The van der Waals surface area contributed by atoms with Gasteiger partial charge in [-0.3, -0.25) is 19.3 Å². The Hall–Kier alpha value is -2.63. The van der Waals surface area contributed by atoms with E-state index in [1.54, 1.807) is 0 Å². The Morgan fingerprint density at radius 3 is 2.31 bits per heavy atom. The van der Waals surface area contributed by atoms with Crippen molar-refractivity contribution in [2.75, 3.05) is 30.9 Å². The second-order valence-corrected chi connectivity index (χ2v) is 7.70. The molecule has 6 nitrogen and oxygen atoms in total. The van der Waals surface area contributed by atoms with Gasteiger partial charge in [0.2, 0.25) is 17.7 Å². The molecule has 4 atom stereocenters. The molecule has 1 saturated carbocycles. The van der Waals surface area contributed by atoms with Gasteiger partial charge < -0.3 is 10.2 Å². The predicted octanol–water partition coefficient (Wildman–Crippen LogP) is 1.81. The van der Waals surface area contributed by atoms with Crippen molar-refractivity contribution in [2.24, 2.45) is 23.7 Å². The second kappa shape index (κ2) is 5.97. The van der Waals surface area contributed by atoms with Gasteiger partial charge in [-0.1, -0.05) is 12.2 Å². The maximum absolute atomic E-state index is 12.6. The molecule has 6 heteroatoms. The van der Waals surface area contributed by atoms with E-state index in [2.05, 4.69) is 17.5 Å². The Morgan fingerprint density at radius 2 is 1.77 bits per heavy atom. The number of amides is 3. The van der Waals surface area contributed by atoms with E-state index in [1.807, 2.05) is 44.1 Å². The third-order valence-electron chi connectivity index (χ3n) is 5.86. The van der Waals surface area contributed by atoms with E-state index in [-0.39, 0.29) is 47.9 Å². The van der Waals surface area contributed by atoms with Crippen molar-refractivity contribution >= 4 is 29.1 Å². The molecule has 0 aromatic heterocycles. The summed E-state index contributed by atoms with van der Waals surface area (Å²) < 4.78 is 0. The van der Waals surface area contributed by atoms with Crippen molar-refractivity contribution in [3.63, 3.8) is 0 Å². The van der Waals surface area contributed by atoms with E-state index in [1.165, 1.54) is 0 Å². The van der Waals surface area contributed by atoms with Crippen LogP contribution in [0.5, 0.6) is 0 Å². The molecule has 1 aromatic rings. The largest absolute Gasteiger partial charge is 0.378 e. The van der Waals surface area contributed by atoms with Crippen LogP contribution in [-0.2, 0) is 14.4 Å². The highest BCUT2D eigenvalue weighted by Gasteiger charge is 2.59. The summed E-state index contributed by atoms with van der Waals surface area (Å²) in [6, 6.07) is 5.74. The molecule has 2 aliphatic carbocycles. The number of nitrogens with one attached hydrogen (secondary N) is 1. The van der Waals surface area contributed by atoms with Crippen LogP contribution in [0, 0.1) is 30.6 Å². The zero-order valence-corrected chi connectivity index (χ0v) is 15.2. The number of hydrogen-bond donors (Lipinski definition) is 1. The van der Waals surface area contributed by atoms with Gasteiger partial charge in [-0.2, -0.15) is 0 Å². The molecule has 0 radical (unpaired) electrons. The molecule has 1 N–H and O–H groups in total. The summed E-state index contributed by atoms with van der Waals surface area (Å²) in [5, 5.41) is 2.83. The molecule has 4 rings (SSSR count). The first kappa shape index (κ1) is 16.8. The van der Waals surface area contributed by atoms with E-state index in [0.29, 0.717) is 5.69 Å². The van der Waals surface area contributed by atoms with E-state index in [9.17, 15) is 14.4 Å². The number of aryl methyl sites for hydroxylation is 1. The van der Waals surface area contributed by atoms with Gasteiger partial charge in [0, 0.05) is 25.5 Å². The number of anilines is 2. The van der Waals surface area contributed by atoms with Gasteiger partial charge in [0.05, 0.1) is 11.8 Å². The van der Waals surface area contributed by atoms with Crippen LogP contribution in [0.25, 0.3) is 0 Å². The summed E-state index contributed by atoms with van der Waals surface area (Å²) in [6.07, 6.45) is 5.00. The van der Waals surface area contributed by atoms with Gasteiger partial charge in [0.15, 0.2) is 0 Å². The first-order chi connectivity index (χ1) is 12.4. The fraction of sp³-hybridized carbons (Fsp3) is 0.450. The first-order valence-electron chi connectivity index (χ1n) is 8.98. The fourth-order valence-corrected chi connectivity index (χ4v) is 4.52. The van der Waals surface area contributed by atoms with Crippen LogP contribution in [0.4, 0.5) is 11.4 Å². The topological polar surface area (TPSA) is 69.7 Å². The van der Waals surface area contributed by atoms with Crippen LogP contribution in [0.15, 0.2) is 30.4 Å². The van der Waals surface area contributed by atoms with E-state index in [0.717, 1.165) is 22.6 Å². The molecule has 3 amide bonds. The zero-order valence-electron chi connectivity index (χ0n) is 15.2. The van der Waals surface area contributed by atoms with Crippen LogP contribution in [0.2, 0.25) is 0 Å². The Morgan fingerprint density at radius 1 is 1.15 bits per heavy atom. The number of carbonyl (C=O) groups is 3. The Kier molecular flexibility index (Phi) is 3.86. The average Bonchev–Trinajstić information content (AvgIpc) is 3.26. The van der Waals surface area contributed by atoms with E-state index in [4.69, 9.17) is 0 Å². The van der Waals surface area contributed by atoms with Crippen LogP contribution in [0.1, 0.15) is 12.0 Å². The number of imide groups is 1. The molecule has 1 aromatic carbocycles. The highest BCUT2D eigenvalue weighted by Crippen LogP contribution is 2.52. The molecule has 2 bridgehead atoms. The van der Waals surface area contributed by atoms with Crippen LogP contribution in [0.3, 0.4) is 0 Å². The molecule has 2 fully saturated rings. The molecule has 3 aliphatic rings. The van der Waals surface area contributed by atoms with Gasteiger partial charge in [0.1, 0.15) is 6.54 Å². The summed E-state index contributed by atoms with van der Waals surface area (Å²) in [5.41, 5.74) is 2.67. The third kappa shape index (κ3) is 2.52. The lowest BCUT2D eigenvalue weighted by Gasteiger charge is -2.18. The van der Waals surface area contributed by atoms with Gasteiger partial charge in [0.25, 0.3) is 0 Å². The lowest BCUT2D eigenvalue weighted by atomic mass is 9.85. The maximum Gasteiger partial charge on any atom is 0.244 e. The molecule has 26 heavy (non-hydrogen) atoms. The lowest BCUT2D eigenvalue weighted by Crippen LogP contribution is -2.39. The summed E-state index contributed by atoms with van der Waals surface area (Å²) in [7, 11) is 3.91. The van der Waals surface area contributed by atoms with Crippen molar-refractivity contribution in [2.45, 2.75) is 13.3 Å². The maximum atomic E-state index is 12.6. The summed E-state index contributed by atoms with van der Waals surface area (Å²) >= 11 is 0. The number of allylic oxidation sites excluding steroid dienone is 2. The highest BCUT2D eigenvalue weighted by molar-refractivity contribution is 6.09. The van der Waals surface area contributed by atoms with Gasteiger partial charge >= 0.3 is 0 Å². The predicted molar refractivity (Wildman–Crippen MR) is 98.6 cm³/mol. The number of benzene rings is 1. The molecule has 4 unspecified atom stereocenters. The van der Waals surface area contributed by atoms with E-state index >= 15 is 0 Å². The Balaban J connectivity index is 1.45. The minimum absolute atomic E-state index is 0.162. The minimum atomic E-state index is -0.340. The molecular weight excluding hydrogens is 330 g/mol. The Labute approximate surface area is 152 Å². The summed E-state index contributed by atoms with van der Waals surface area (Å²) in [5.74, 6) is -0.908. The van der Waals surface area contributed by atoms with Gasteiger partial charge in [-0.15, -0.1) is 0 Å². The monoisotopic (exact) mass is 353 g/mol. The summed E-state index contributed by atoms with van der Waals surface area (Å²) in [6.45, 7) is 1.71. The molecule has 1 saturated heterocycles. The van der Waals surface area contributed by atoms with Crippen LogP contribution in [-0.4, -0.2) is 43.3 Å². The minimum Gasteiger partial charge on any atom is -0.378 e. The normalized spacial score (nSPS) is 28.7. The number of rotatable bonds is 4. The van der Waals surface area contributed by atoms with Gasteiger partial charge in [-0.25, -0.2) is 0 Å². The molecule has 1 aliphatic heterocycles. The highest BCUT2D eigenvalue weighted by atomic mass is 16.2. The average molecular weight is 353 g/mol. The Bertz CT molecular complexity index is 800. The number of likely N-dealkylation sites (tertiary alicyclic amines) is 1. The van der Waals surface area contributed by atoms with Crippen molar-refractivity contribution in [1.29, 1.82) is 0 Å². The third-order valence-corrected chi connectivity index (χ3v) is 5.86. The number of carbonyl (C=O) groups excluding carboxylic acids is 3. The zero-order chi connectivity index (χ0) is 18.6. The van der Waals surface area contributed by atoms with E-state index < -0.39 is 0 Å².